The number of nitrogens with one attached hydrogen (secondary N) is 1. The highest BCUT2D eigenvalue weighted by Crippen LogP contribution is 2.14. The van der Waals surface area contributed by atoms with Crippen LogP contribution in [0.1, 0.15) is 122 Å². The van der Waals surface area contributed by atoms with Gasteiger partial charge < -0.3 is 15.3 Å². The van der Waals surface area contributed by atoms with Crippen molar-refractivity contribution in [1.82, 2.24) is 10.2 Å². The van der Waals surface area contributed by atoms with E-state index in [4.69, 9.17) is 5.11 Å². The summed E-state index contributed by atoms with van der Waals surface area (Å²) in [6, 6.07) is -0.0824. The van der Waals surface area contributed by atoms with E-state index in [0.29, 0.717) is 6.54 Å². The first-order valence-corrected chi connectivity index (χ1v) is 12.3. The molecule has 0 aromatic rings. The van der Waals surface area contributed by atoms with Gasteiger partial charge in [0.1, 0.15) is 0 Å². The van der Waals surface area contributed by atoms with Crippen LogP contribution >= 0.6 is 0 Å². The first-order valence-electron chi connectivity index (χ1n) is 12.3. The van der Waals surface area contributed by atoms with Gasteiger partial charge in [0.25, 0.3) is 0 Å². The highest BCUT2D eigenvalue weighted by molar-refractivity contribution is 5.73. The maximum atomic E-state index is 11.6. The van der Waals surface area contributed by atoms with E-state index in [2.05, 4.69) is 12.2 Å². The van der Waals surface area contributed by atoms with Crippen LogP contribution in [0, 0.1) is 0 Å². The van der Waals surface area contributed by atoms with Gasteiger partial charge in [-0.05, 0) is 6.42 Å². The van der Waals surface area contributed by atoms with Crippen LogP contribution in [0.4, 0.5) is 4.79 Å². The SMILES string of the molecule is CCCCCCCCCCCCCCCCCCCCN(CCO)C(=O)NC. The molecule has 0 bridgehead atoms. The molecule has 0 saturated carbocycles. The minimum atomic E-state index is -0.0824. The van der Waals surface area contributed by atoms with Gasteiger partial charge in [-0.1, -0.05) is 116 Å². The molecule has 0 rings (SSSR count). The molecule has 2 amide bonds. The van der Waals surface area contributed by atoms with Crippen LogP contribution in [0.25, 0.3) is 0 Å². The molecule has 0 aliphatic rings. The summed E-state index contributed by atoms with van der Waals surface area (Å²) in [6.07, 6.45) is 24.6. The minimum Gasteiger partial charge on any atom is -0.395 e. The Morgan fingerprint density at radius 1 is 0.643 bits per heavy atom. The number of aliphatic hydroxyl groups excluding tert-OH is 1. The van der Waals surface area contributed by atoms with Gasteiger partial charge in [0, 0.05) is 20.1 Å². The molecule has 0 aromatic carbocycles. The lowest BCUT2D eigenvalue weighted by atomic mass is 10.0. The summed E-state index contributed by atoms with van der Waals surface area (Å²) < 4.78 is 0. The maximum absolute atomic E-state index is 11.6. The van der Waals surface area contributed by atoms with Gasteiger partial charge in [-0.15, -0.1) is 0 Å². The van der Waals surface area contributed by atoms with Crippen LogP contribution < -0.4 is 5.32 Å². The van der Waals surface area contributed by atoms with E-state index in [1.807, 2.05) is 0 Å². The maximum Gasteiger partial charge on any atom is 0.317 e. The molecule has 28 heavy (non-hydrogen) atoms. The van der Waals surface area contributed by atoms with Crippen molar-refractivity contribution in [3.8, 4) is 0 Å². The van der Waals surface area contributed by atoms with Crippen molar-refractivity contribution in [1.29, 1.82) is 0 Å². The van der Waals surface area contributed by atoms with Crippen molar-refractivity contribution in [3.63, 3.8) is 0 Å². The summed E-state index contributed by atoms with van der Waals surface area (Å²) in [6.45, 7) is 3.50. The summed E-state index contributed by atoms with van der Waals surface area (Å²) >= 11 is 0. The van der Waals surface area contributed by atoms with E-state index in [0.717, 1.165) is 13.0 Å². The third-order valence-corrected chi connectivity index (χ3v) is 5.65. The van der Waals surface area contributed by atoms with Crippen LogP contribution in [0.2, 0.25) is 0 Å². The number of hydrogen-bond acceptors (Lipinski definition) is 2. The van der Waals surface area contributed by atoms with Crippen LogP contribution in [-0.4, -0.2) is 42.8 Å². The van der Waals surface area contributed by atoms with Crippen molar-refractivity contribution in [2.75, 3.05) is 26.7 Å². The molecule has 0 atom stereocenters. The highest BCUT2D eigenvalue weighted by Gasteiger charge is 2.09. The quantitative estimate of drug-likeness (QED) is 0.212. The van der Waals surface area contributed by atoms with Gasteiger partial charge >= 0.3 is 6.03 Å². The average Bonchev–Trinajstić information content (AvgIpc) is 2.71. The fourth-order valence-electron chi connectivity index (χ4n) is 3.80. The van der Waals surface area contributed by atoms with E-state index in [-0.39, 0.29) is 12.6 Å². The molecule has 0 fully saturated rings. The van der Waals surface area contributed by atoms with E-state index in [1.54, 1.807) is 11.9 Å². The first-order chi connectivity index (χ1) is 13.8. The Balaban J connectivity index is 3.22. The van der Waals surface area contributed by atoms with Gasteiger partial charge in [0.15, 0.2) is 0 Å². The third-order valence-electron chi connectivity index (χ3n) is 5.65. The molecule has 168 valence electrons. The Hall–Kier alpha value is -0.770. The lowest BCUT2D eigenvalue weighted by molar-refractivity contribution is 0.177. The number of amides is 2. The fraction of sp³-hybridized carbons (Fsp3) is 0.958. The zero-order valence-corrected chi connectivity index (χ0v) is 19.2. The van der Waals surface area contributed by atoms with Crippen molar-refractivity contribution in [2.24, 2.45) is 0 Å². The summed E-state index contributed by atoms with van der Waals surface area (Å²) in [7, 11) is 1.64. The second-order valence-corrected chi connectivity index (χ2v) is 8.28. The standard InChI is InChI=1S/C24H50N2O2/c1-3-4-5-6-7-8-9-10-11-12-13-14-15-16-17-18-19-20-21-26(22-23-27)24(28)25-2/h27H,3-23H2,1-2H3,(H,25,28). The molecule has 0 aromatic heterocycles. The zero-order chi connectivity index (χ0) is 20.7. The highest BCUT2D eigenvalue weighted by atomic mass is 16.3. The number of rotatable bonds is 21. The van der Waals surface area contributed by atoms with Crippen LogP contribution in [0.5, 0.6) is 0 Å². The predicted octanol–water partition coefficient (Wildman–Crippen LogP) is 6.66. The molecule has 0 saturated heterocycles. The molecule has 0 radical (unpaired) electrons. The molecule has 2 N–H and O–H groups in total. The summed E-state index contributed by atoms with van der Waals surface area (Å²) in [5.74, 6) is 0. The lowest BCUT2D eigenvalue weighted by Crippen LogP contribution is -2.40. The number of aliphatic hydroxyl groups is 1. The van der Waals surface area contributed by atoms with Crippen LogP contribution in [0.15, 0.2) is 0 Å². The lowest BCUT2D eigenvalue weighted by Gasteiger charge is -2.20. The Labute approximate surface area is 175 Å². The zero-order valence-electron chi connectivity index (χ0n) is 19.2. The molecule has 4 nitrogen and oxygen atoms in total. The first kappa shape index (κ1) is 27.2. The molecule has 0 spiro atoms. The van der Waals surface area contributed by atoms with Crippen LogP contribution in [-0.2, 0) is 0 Å². The third kappa shape index (κ3) is 18.6. The number of carbonyl (C=O) groups is 1. The van der Waals surface area contributed by atoms with Gasteiger partial charge in [-0.25, -0.2) is 4.79 Å². The fourth-order valence-corrected chi connectivity index (χ4v) is 3.80. The number of nitrogens with zero attached hydrogens (tertiary/aromatic N) is 1. The second-order valence-electron chi connectivity index (χ2n) is 8.28. The largest absolute Gasteiger partial charge is 0.395 e. The van der Waals surface area contributed by atoms with Gasteiger partial charge in [0.05, 0.1) is 6.61 Å². The van der Waals surface area contributed by atoms with Crippen molar-refractivity contribution >= 4 is 6.03 Å². The van der Waals surface area contributed by atoms with E-state index in [1.165, 1.54) is 109 Å². The number of unbranched alkanes of at least 4 members (excludes halogenated alkanes) is 17. The normalized spacial score (nSPS) is 11.0. The topological polar surface area (TPSA) is 52.6 Å². The van der Waals surface area contributed by atoms with Crippen molar-refractivity contribution in [2.45, 2.75) is 122 Å². The van der Waals surface area contributed by atoms with Gasteiger partial charge in [0.2, 0.25) is 0 Å². The van der Waals surface area contributed by atoms with E-state index >= 15 is 0 Å². The monoisotopic (exact) mass is 398 g/mol. The number of urea groups is 1. The summed E-state index contributed by atoms with van der Waals surface area (Å²) in [5, 5.41) is 11.6. The average molecular weight is 399 g/mol. The van der Waals surface area contributed by atoms with Gasteiger partial charge in [-0.2, -0.15) is 0 Å². The smallest absolute Gasteiger partial charge is 0.317 e. The predicted molar refractivity (Wildman–Crippen MR) is 122 cm³/mol. The molecule has 0 aliphatic carbocycles. The van der Waals surface area contributed by atoms with E-state index < -0.39 is 0 Å². The Morgan fingerprint density at radius 3 is 1.32 bits per heavy atom. The summed E-state index contributed by atoms with van der Waals surface area (Å²) in [5.41, 5.74) is 0. The minimum absolute atomic E-state index is 0.0342. The molecular weight excluding hydrogens is 348 g/mol. The van der Waals surface area contributed by atoms with Crippen molar-refractivity contribution in [3.05, 3.63) is 0 Å². The van der Waals surface area contributed by atoms with Crippen LogP contribution in [0.3, 0.4) is 0 Å². The molecule has 4 heteroatoms. The molecular formula is C24H50N2O2. The Morgan fingerprint density at radius 2 is 1.00 bits per heavy atom. The Bertz CT molecular complexity index is 324. The second kappa shape index (κ2) is 22.5. The van der Waals surface area contributed by atoms with Gasteiger partial charge in [-0.3, -0.25) is 0 Å². The summed E-state index contributed by atoms with van der Waals surface area (Å²) in [4.78, 5) is 13.3. The van der Waals surface area contributed by atoms with Crippen molar-refractivity contribution < 1.29 is 9.90 Å². The molecule has 0 unspecified atom stereocenters. The molecule has 0 heterocycles. The number of carbonyl (C=O) groups excluding carboxylic acids is 1. The molecule has 0 aliphatic heterocycles. The van der Waals surface area contributed by atoms with E-state index in [9.17, 15) is 4.79 Å². The number of hydrogen-bond donors (Lipinski definition) is 2. The Kier molecular flexibility index (Phi) is 21.9.